The van der Waals surface area contributed by atoms with Crippen LogP contribution < -0.4 is 5.73 Å². The molecule has 0 unspecified atom stereocenters. The van der Waals surface area contributed by atoms with Crippen molar-refractivity contribution < 1.29 is 19.1 Å². The molecule has 19 heavy (non-hydrogen) atoms. The number of rotatable bonds is 2. The zero-order valence-electron chi connectivity index (χ0n) is 10.0. The van der Waals surface area contributed by atoms with E-state index in [0.717, 1.165) is 0 Å². The molecule has 2 N–H and O–H groups in total. The number of amides is 3. The summed E-state index contributed by atoms with van der Waals surface area (Å²) in [6, 6.07) is 6.54. The number of nitrogens with zero attached hydrogens (tertiary/aromatic N) is 1. The zero-order valence-corrected chi connectivity index (χ0v) is 10.0. The highest BCUT2D eigenvalue weighted by Gasteiger charge is 2.45. The minimum Gasteiger partial charge on any atom is -0.446 e. The van der Waals surface area contributed by atoms with E-state index < -0.39 is 6.09 Å². The van der Waals surface area contributed by atoms with E-state index in [4.69, 9.17) is 10.5 Å². The first kappa shape index (κ1) is 11.7. The molecule has 6 nitrogen and oxygen atoms in total. The van der Waals surface area contributed by atoms with Crippen molar-refractivity contribution in [1.29, 1.82) is 0 Å². The molecule has 0 bridgehead atoms. The standard InChI is InChI=1S/C13H12N2O4/c14-13(18)19-8-5-7(6-8)15-11(16)9-3-1-2-4-10(9)12(15)17/h1-4,7-8H,5-6H2,(H2,14,18). The lowest BCUT2D eigenvalue weighted by atomic mass is 9.88. The van der Waals surface area contributed by atoms with Crippen molar-refractivity contribution >= 4 is 17.9 Å². The largest absolute Gasteiger partial charge is 0.446 e. The Balaban J connectivity index is 1.74. The molecule has 0 spiro atoms. The number of fused-ring (bicyclic) bond motifs is 1. The number of carbonyl (C=O) groups excluding carboxylic acids is 3. The Morgan fingerprint density at radius 2 is 1.68 bits per heavy atom. The molecule has 1 aliphatic heterocycles. The number of nitrogens with two attached hydrogens (primary N) is 1. The molecule has 1 aromatic rings. The van der Waals surface area contributed by atoms with Crippen LogP contribution >= 0.6 is 0 Å². The van der Waals surface area contributed by atoms with Crippen molar-refractivity contribution in [3.05, 3.63) is 35.4 Å². The fraction of sp³-hybridized carbons (Fsp3) is 0.308. The second-order valence-corrected chi connectivity index (χ2v) is 4.71. The van der Waals surface area contributed by atoms with Crippen LogP contribution in [0.2, 0.25) is 0 Å². The van der Waals surface area contributed by atoms with Crippen molar-refractivity contribution in [2.45, 2.75) is 25.0 Å². The van der Waals surface area contributed by atoms with Crippen molar-refractivity contribution in [1.82, 2.24) is 4.90 Å². The maximum absolute atomic E-state index is 12.1. The summed E-state index contributed by atoms with van der Waals surface area (Å²) in [5, 5.41) is 0. The molecule has 98 valence electrons. The van der Waals surface area contributed by atoms with Gasteiger partial charge in [0.1, 0.15) is 6.10 Å². The number of carbonyl (C=O) groups is 3. The monoisotopic (exact) mass is 260 g/mol. The Labute approximate surface area is 109 Å². The van der Waals surface area contributed by atoms with Crippen molar-refractivity contribution in [3.8, 4) is 0 Å². The summed E-state index contributed by atoms with van der Waals surface area (Å²) in [6.07, 6.45) is -0.222. The van der Waals surface area contributed by atoms with E-state index in [-0.39, 0.29) is 24.0 Å². The lowest BCUT2D eigenvalue weighted by Crippen LogP contribution is -2.51. The molecular formula is C13H12N2O4. The summed E-state index contributed by atoms with van der Waals surface area (Å²) in [6.45, 7) is 0. The van der Waals surface area contributed by atoms with Crippen LogP contribution in [0.3, 0.4) is 0 Å². The Morgan fingerprint density at radius 1 is 1.16 bits per heavy atom. The van der Waals surface area contributed by atoms with E-state index in [9.17, 15) is 14.4 Å². The van der Waals surface area contributed by atoms with E-state index >= 15 is 0 Å². The van der Waals surface area contributed by atoms with Gasteiger partial charge >= 0.3 is 6.09 Å². The molecule has 3 rings (SSSR count). The lowest BCUT2D eigenvalue weighted by Gasteiger charge is -2.38. The van der Waals surface area contributed by atoms with Crippen molar-refractivity contribution in [2.24, 2.45) is 5.73 Å². The summed E-state index contributed by atoms with van der Waals surface area (Å²) >= 11 is 0. The second kappa shape index (κ2) is 4.08. The fourth-order valence-corrected chi connectivity index (χ4v) is 2.55. The average Bonchev–Trinajstić information content (AvgIpc) is 2.58. The van der Waals surface area contributed by atoms with Gasteiger partial charge in [0.25, 0.3) is 11.8 Å². The fourth-order valence-electron chi connectivity index (χ4n) is 2.55. The number of benzene rings is 1. The minimum atomic E-state index is -0.828. The first-order valence-electron chi connectivity index (χ1n) is 6.01. The molecule has 0 radical (unpaired) electrons. The first-order valence-corrected chi connectivity index (χ1v) is 6.01. The highest BCUT2D eigenvalue weighted by Crippen LogP contribution is 2.34. The Bertz CT molecular complexity index is 543. The van der Waals surface area contributed by atoms with E-state index in [1.165, 1.54) is 4.90 Å². The summed E-state index contributed by atoms with van der Waals surface area (Å²) < 4.78 is 4.81. The molecule has 2 aliphatic rings. The third-order valence-corrected chi connectivity index (χ3v) is 3.54. The van der Waals surface area contributed by atoms with Crippen LogP contribution in [0, 0.1) is 0 Å². The molecule has 1 fully saturated rings. The van der Waals surface area contributed by atoms with E-state index in [1.807, 2.05) is 0 Å². The van der Waals surface area contributed by atoms with E-state index in [2.05, 4.69) is 0 Å². The summed E-state index contributed by atoms with van der Waals surface area (Å²) in [5.74, 6) is -0.550. The highest BCUT2D eigenvalue weighted by atomic mass is 16.6. The van der Waals surface area contributed by atoms with Crippen molar-refractivity contribution in [2.75, 3.05) is 0 Å². The highest BCUT2D eigenvalue weighted by molar-refractivity contribution is 6.21. The second-order valence-electron chi connectivity index (χ2n) is 4.71. The van der Waals surface area contributed by atoms with Crippen molar-refractivity contribution in [3.63, 3.8) is 0 Å². The third-order valence-electron chi connectivity index (χ3n) is 3.54. The molecule has 1 saturated carbocycles. The van der Waals surface area contributed by atoms with Crippen LogP contribution in [-0.4, -0.2) is 35.0 Å². The summed E-state index contributed by atoms with van der Waals surface area (Å²) in [4.78, 5) is 36.1. The maximum atomic E-state index is 12.1. The maximum Gasteiger partial charge on any atom is 0.404 e. The van der Waals surface area contributed by atoms with Crippen LogP contribution in [0.15, 0.2) is 24.3 Å². The lowest BCUT2D eigenvalue weighted by molar-refractivity contribution is 0.00147. The smallest absolute Gasteiger partial charge is 0.404 e. The zero-order chi connectivity index (χ0) is 13.6. The van der Waals surface area contributed by atoms with Gasteiger partial charge in [0.05, 0.1) is 11.1 Å². The van der Waals surface area contributed by atoms with Gasteiger partial charge in [0.15, 0.2) is 0 Å². The Kier molecular flexibility index (Phi) is 2.51. The van der Waals surface area contributed by atoms with Crippen LogP contribution in [0.25, 0.3) is 0 Å². The third kappa shape index (κ3) is 1.76. The molecule has 1 aromatic carbocycles. The topological polar surface area (TPSA) is 89.7 Å². The number of ether oxygens (including phenoxy) is 1. The molecule has 6 heteroatoms. The van der Waals surface area contributed by atoms with Gasteiger partial charge in [-0.25, -0.2) is 4.79 Å². The molecule has 0 saturated heterocycles. The van der Waals surface area contributed by atoms with Crippen LogP contribution in [0.5, 0.6) is 0 Å². The van der Waals surface area contributed by atoms with Gasteiger partial charge in [-0.3, -0.25) is 14.5 Å². The van der Waals surface area contributed by atoms with Gasteiger partial charge in [0.2, 0.25) is 0 Å². The van der Waals surface area contributed by atoms with Crippen LogP contribution in [0.4, 0.5) is 4.79 Å². The van der Waals surface area contributed by atoms with Gasteiger partial charge in [0, 0.05) is 18.9 Å². The first-order chi connectivity index (χ1) is 9.08. The summed E-state index contributed by atoms with van der Waals surface area (Å²) in [5.41, 5.74) is 5.79. The number of hydrogen-bond acceptors (Lipinski definition) is 4. The van der Waals surface area contributed by atoms with Gasteiger partial charge in [-0.2, -0.15) is 0 Å². The molecule has 0 aromatic heterocycles. The van der Waals surface area contributed by atoms with E-state index in [0.29, 0.717) is 24.0 Å². The van der Waals surface area contributed by atoms with Gasteiger partial charge in [-0.1, -0.05) is 12.1 Å². The van der Waals surface area contributed by atoms with Gasteiger partial charge in [-0.15, -0.1) is 0 Å². The summed E-state index contributed by atoms with van der Waals surface area (Å²) in [7, 11) is 0. The Hall–Kier alpha value is -2.37. The molecule has 1 heterocycles. The molecular weight excluding hydrogens is 248 g/mol. The predicted molar refractivity (Wildman–Crippen MR) is 64.4 cm³/mol. The molecule has 0 atom stereocenters. The molecule has 1 aliphatic carbocycles. The average molecular weight is 260 g/mol. The predicted octanol–water partition coefficient (Wildman–Crippen LogP) is 0.909. The molecule has 3 amide bonds. The van der Waals surface area contributed by atoms with Crippen LogP contribution in [-0.2, 0) is 4.74 Å². The quantitative estimate of drug-likeness (QED) is 0.800. The van der Waals surface area contributed by atoms with E-state index in [1.54, 1.807) is 24.3 Å². The van der Waals surface area contributed by atoms with Gasteiger partial charge < -0.3 is 10.5 Å². The Morgan fingerprint density at radius 3 is 2.16 bits per heavy atom. The minimum absolute atomic E-state index is 0.211. The van der Waals surface area contributed by atoms with Crippen LogP contribution in [0.1, 0.15) is 33.6 Å². The number of imide groups is 1. The number of primary amides is 1. The normalized spacial score (nSPS) is 24.9. The number of hydrogen-bond donors (Lipinski definition) is 1. The SMILES string of the molecule is NC(=O)OC1CC(N2C(=O)c3ccccc3C2=O)C1. The van der Waals surface area contributed by atoms with Gasteiger partial charge in [-0.05, 0) is 12.1 Å².